The SMILES string of the molecule is CCC(C)[C@H]1C[C@]2(C=CC1C)C[C@@H]1C[C@@H](C/C=C(\C)C(SC3C[C@@H](C)C(OC(C)C[C@H](OC)[C@@H](CC)NF)[C@@H](OC)C3)C(C)/C=C/C=C3\CO[C@@H]4[C@H](O)C(C)=CC(C(=O)S1)C34O)S2. The number of allylic oxidation sites excluding steroid dienone is 5. The van der Waals surface area contributed by atoms with E-state index < -0.39 is 23.7 Å². The number of methoxy groups -OCH3 is 2. The van der Waals surface area contributed by atoms with E-state index in [1.165, 1.54) is 17.3 Å². The highest BCUT2D eigenvalue weighted by atomic mass is 32.2. The van der Waals surface area contributed by atoms with Crippen molar-refractivity contribution in [3.8, 4) is 0 Å². The first kappa shape index (κ1) is 51.5. The molecule has 0 amide bonds. The highest BCUT2D eigenvalue weighted by molar-refractivity contribution is 8.14. The number of nitrogens with one attached hydrogen (secondary N) is 1. The van der Waals surface area contributed by atoms with Crippen LogP contribution < -0.4 is 5.54 Å². The van der Waals surface area contributed by atoms with Crippen molar-refractivity contribution in [1.82, 2.24) is 5.54 Å². The fourth-order valence-electron chi connectivity index (χ4n) is 11.7. The van der Waals surface area contributed by atoms with Gasteiger partial charge in [-0.3, -0.25) is 4.79 Å². The minimum atomic E-state index is -1.63. The lowest BCUT2D eigenvalue weighted by Crippen LogP contribution is -2.56. The van der Waals surface area contributed by atoms with E-state index >= 15 is 0 Å². The van der Waals surface area contributed by atoms with Crippen LogP contribution in [-0.4, -0.2) is 110 Å². The van der Waals surface area contributed by atoms with Crippen LogP contribution >= 0.6 is 35.3 Å². The largest absolute Gasteiger partial charge is 0.386 e. The molecule has 63 heavy (non-hydrogen) atoms. The van der Waals surface area contributed by atoms with Crippen molar-refractivity contribution >= 4 is 40.4 Å². The maximum atomic E-state index is 14.6. The number of aliphatic hydroxyl groups is 2. The third-order valence-electron chi connectivity index (χ3n) is 15.7. The summed E-state index contributed by atoms with van der Waals surface area (Å²) in [5.74, 6) is 1.31. The zero-order valence-corrected chi connectivity index (χ0v) is 42.4. The van der Waals surface area contributed by atoms with E-state index in [1.54, 1.807) is 14.2 Å². The summed E-state index contributed by atoms with van der Waals surface area (Å²) in [7, 11) is 3.42. The molecule has 3 aliphatic heterocycles. The molecule has 356 valence electrons. The third kappa shape index (κ3) is 11.5. The van der Waals surface area contributed by atoms with Gasteiger partial charge in [-0.15, -0.1) is 16.2 Å². The van der Waals surface area contributed by atoms with Crippen LogP contribution in [0.15, 0.2) is 59.3 Å². The van der Waals surface area contributed by atoms with Gasteiger partial charge in [0.2, 0.25) is 0 Å². The van der Waals surface area contributed by atoms with Crippen molar-refractivity contribution in [2.24, 2.45) is 35.5 Å². The molecule has 8 nitrogen and oxygen atoms in total. The van der Waals surface area contributed by atoms with Gasteiger partial charge in [-0.05, 0) is 106 Å². The fraction of sp³-hybridized carbons (Fsp3) is 0.784. The lowest BCUT2D eigenvalue weighted by Gasteiger charge is -2.48. The minimum absolute atomic E-state index is 0.0354. The summed E-state index contributed by atoms with van der Waals surface area (Å²) in [5.41, 5.74) is 2.97. The summed E-state index contributed by atoms with van der Waals surface area (Å²) in [6.45, 7) is 19.9. The normalized spacial score (nSPS) is 44.1. The Kier molecular flexibility index (Phi) is 18.3. The fourth-order valence-corrected chi connectivity index (χ4v) is 17.1. The first-order valence-electron chi connectivity index (χ1n) is 24.1. The van der Waals surface area contributed by atoms with Crippen molar-refractivity contribution in [3.63, 3.8) is 0 Å². The Labute approximate surface area is 392 Å². The van der Waals surface area contributed by atoms with Gasteiger partial charge in [0, 0.05) is 46.4 Å². The molecule has 3 aliphatic carbocycles. The van der Waals surface area contributed by atoms with Crippen LogP contribution in [0, 0.1) is 35.5 Å². The zero-order valence-electron chi connectivity index (χ0n) is 40.0. The van der Waals surface area contributed by atoms with E-state index in [0.29, 0.717) is 52.2 Å². The number of carbonyl (C=O) groups is 1. The second-order valence-corrected chi connectivity index (χ2v) is 24.7. The van der Waals surface area contributed by atoms with Crippen LogP contribution in [0.2, 0.25) is 0 Å². The monoisotopic (exact) mass is 934 g/mol. The second kappa shape index (κ2) is 22.5. The van der Waals surface area contributed by atoms with Crippen molar-refractivity contribution < 1.29 is 38.4 Å². The molecule has 3 fully saturated rings. The molecular formula is C51H80FNO7S3. The van der Waals surface area contributed by atoms with Crippen LogP contribution in [0.4, 0.5) is 4.48 Å². The lowest BCUT2D eigenvalue weighted by atomic mass is 9.71. The Hall–Kier alpha value is -0.930. The second-order valence-electron chi connectivity index (χ2n) is 20.2. The van der Waals surface area contributed by atoms with E-state index in [4.69, 9.17) is 18.9 Å². The molecule has 1 spiro atoms. The predicted octanol–water partition coefficient (Wildman–Crippen LogP) is 10.4. The van der Waals surface area contributed by atoms with E-state index in [9.17, 15) is 19.5 Å². The van der Waals surface area contributed by atoms with Crippen LogP contribution in [0.3, 0.4) is 0 Å². The van der Waals surface area contributed by atoms with Gasteiger partial charge in [-0.2, -0.15) is 17.3 Å². The molecule has 1 saturated carbocycles. The number of rotatable bonds is 13. The van der Waals surface area contributed by atoms with Gasteiger partial charge in [-0.1, -0.05) is 108 Å². The van der Waals surface area contributed by atoms with Crippen LogP contribution in [0.5, 0.6) is 0 Å². The Balaban J connectivity index is 1.30. The third-order valence-corrected chi connectivity index (χ3v) is 20.4. The molecule has 12 heteroatoms. The van der Waals surface area contributed by atoms with Crippen LogP contribution in [-0.2, 0) is 23.7 Å². The van der Waals surface area contributed by atoms with E-state index in [2.05, 4.69) is 84.5 Å². The summed E-state index contributed by atoms with van der Waals surface area (Å²) in [4.78, 5) is 14.6. The first-order chi connectivity index (χ1) is 30.0. The Morgan fingerprint density at radius 3 is 2.48 bits per heavy atom. The van der Waals surface area contributed by atoms with Gasteiger partial charge in [0.05, 0.1) is 43.0 Å². The average Bonchev–Trinajstić information content (AvgIpc) is 3.60. The van der Waals surface area contributed by atoms with Crippen LogP contribution in [0.1, 0.15) is 120 Å². The van der Waals surface area contributed by atoms with E-state index in [-0.39, 0.29) is 69.3 Å². The highest BCUT2D eigenvalue weighted by Gasteiger charge is 2.59. The van der Waals surface area contributed by atoms with Crippen molar-refractivity contribution in [2.75, 3.05) is 20.8 Å². The molecule has 6 aliphatic rings. The number of halogens is 1. The van der Waals surface area contributed by atoms with Gasteiger partial charge in [0.1, 0.15) is 17.8 Å². The molecule has 0 radical (unpaired) electrons. The number of hydrogen-bond acceptors (Lipinski definition) is 11. The minimum Gasteiger partial charge on any atom is -0.386 e. The molecule has 2 bridgehead atoms. The van der Waals surface area contributed by atoms with Gasteiger partial charge in [0.25, 0.3) is 0 Å². The number of hydrogen-bond donors (Lipinski definition) is 3. The maximum absolute atomic E-state index is 14.6. The number of fused-ring (bicyclic) bond motifs is 2. The Bertz CT molecular complexity index is 1700. The van der Waals surface area contributed by atoms with E-state index in [1.807, 2.05) is 49.4 Å². The molecule has 19 atom stereocenters. The number of carbonyl (C=O) groups excluding carboxylic acids is 1. The summed E-state index contributed by atoms with van der Waals surface area (Å²) in [5, 5.41) is 24.9. The molecule has 2 saturated heterocycles. The van der Waals surface area contributed by atoms with Gasteiger partial charge in [0.15, 0.2) is 5.12 Å². The molecule has 9 unspecified atom stereocenters. The van der Waals surface area contributed by atoms with Crippen LogP contribution in [0.25, 0.3) is 0 Å². The molecule has 0 aromatic carbocycles. The first-order valence-corrected chi connectivity index (χ1v) is 26.8. The van der Waals surface area contributed by atoms with E-state index in [0.717, 1.165) is 44.9 Å². The molecule has 0 aromatic heterocycles. The van der Waals surface area contributed by atoms with Gasteiger partial charge in [-0.25, -0.2) is 0 Å². The standard InChI is InChI=1S/C51H80FNO7S3/c1-12-29(3)40-27-50(20-19-30(40)4)26-39-24-37(63-50)18-17-32(6)47(31(5)15-14-16-36-28-59-48-45(54)33(7)22-41(49(55)62-39)51(36,48)56)61-38-21-34(8)46(44(25-38)58-11)60-35(9)23-43(57-10)42(13-2)53-52/h14-17,19-20,22,29-31,34-35,37-48,53-54,56H,12-13,18,21,23-28H2,1-11H3/b15-14+,32-17+,36-16+/t29?,30?,31?,34-,35?,37-,38?,39+,40-,41?,42-,43+,44+,45-,46?,47?,48-,50+,51?/m1/s1. The average molecular weight is 934 g/mol. The topological polar surface area (TPSA) is 106 Å². The van der Waals surface area contributed by atoms with Gasteiger partial charge < -0.3 is 29.2 Å². The summed E-state index contributed by atoms with van der Waals surface area (Å²) < 4.78 is 38.3. The smallest absolute Gasteiger partial charge is 0.199 e. The van der Waals surface area contributed by atoms with Crippen molar-refractivity contribution in [1.29, 1.82) is 0 Å². The highest BCUT2D eigenvalue weighted by Crippen LogP contribution is 2.55. The number of thioether (sulfide) groups is 3. The molecule has 3 N–H and O–H groups in total. The summed E-state index contributed by atoms with van der Waals surface area (Å²) in [6, 6.07) is -0.384. The number of ether oxygens (including phenoxy) is 4. The maximum Gasteiger partial charge on any atom is 0.199 e. The number of aliphatic hydroxyl groups excluding tert-OH is 1. The molecule has 3 heterocycles. The zero-order chi connectivity index (χ0) is 45.8. The molecule has 6 rings (SSSR count). The Morgan fingerprint density at radius 2 is 1.79 bits per heavy atom. The summed E-state index contributed by atoms with van der Waals surface area (Å²) >= 11 is 5.62. The molecular weight excluding hydrogens is 854 g/mol. The Morgan fingerprint density at radius 1 is 1.03 bits per heavy atom. The van der Waals surface area contributed by atoms with Crippen molar-refractivity contribution in [2.45, 2.75) is 194 Å². The van der Waals surface area contributed by atoms with Crippen molar-refractivity contribution in [3.05, 3.63) is 59.3 Å². The quantitative estimate of drug-likeness (QED) is 0.121. The molecule has 0 aromatic rings. The lowest BCUT2D eigenvalue weighted by molar-refractivity contribution is -0.133. The predicted molar refractivity (Wildman–Crippen MR) is 261 cm³/mol. The summed E-state index contributed by atoms with van der Waals surface area (Å²) in [6.07, 6.45) is 21.1. The van der Waals surface area contributed by atoms with Gasteiger partial charge >= 0.3 is 0 Å².